The van der Waals surface area contributed by atoms with E-state index < -0.39 is 47.1 Å². The van der Waals surface area contributed by atoms with Gasteiger partial charge in [-0.25, -0.2) is 28.4 Å². The lowest BCUT2D eigenvalue weighted by molar-refractivity contribution is -0.137. The molecule has 9 nitrogen and oxygen atoms in total. The number of imide groups is 1. The second kappa shape index (κ2) is 11.6. The number of rotatable bonds is 5. The number of ether oxygens (including phenoxy) is 1. The maximum atomic E-state index is 15.3. The van der Waals surface area contributed by atoms with Crippen LogP contribution in [0.25, 0.3) is 0 Å². The Morgan fingerprint density at radius 3 is 2.14 bits per heavy atom. The van der Waals surface area contributed by atoms with Crippen LogP contribution in [0.3, 0.4) is 0 Å². The molecule has 44 heavy (non-hydrogen) atoms. The van der Waals surface area contributed by atoms with E-state index in [1.165, 1.54) is 29.1 Å². The zero-order valence-electron chi connectivity index (χ0n) is 23.5. The Morgan fingerprint density at radius 1 is 0.864 bits per heavy atom. The van der Waals surface area contributed by atoms with E-state index in [4.69, 9.17) is 4.74 Å². The first-order valence-corrected chi connectivity index (χ1v) is 13.8. The highest BCUT2D eigenvalue weighted by Gasteiger charge is 2.56. The quantitative estimate of drug-likeness (QED) is 0.312. The summed E-state index contributed by atoms with van der Waals surface area (Å²) in [4.78, 5) is 51.9. The van der Waals surface area contributed by atoms with Crippen molar-refractivity contribution < 1.29 is 27.9 Å². The molecular formula is C33H25F2N5O4. The number of aromatic nitrogens is 2. The minimum absolute atomic E-state index is 0.000977. The fourth-order valence-electron chi connectivity index (χ4n) is 5.26. The molecule has 0 saturated carbocycles. The maximum absolute atomic E-state index is 15.3. The van der Waals surface area contributed by atoms with Gasteiger partial charge in [0.15, 0.2) is 11.6 Å². The molecular weight excluding hydrogens is 568 g/mol. The van der Waals surface area contributed by atoms with Gasteiger partial charge >= 0.3 is 12.0 Å². The van der Waals surface area contributed by atoms with Crippen LogP contribution in [0.2, 0.25) is 0 Å². The minimum atomic E-state index is -1.58. The Hall–Kier alpha value is -5.63. The molecule has 0 aliphatic carbocycles. The summed E-state index contributed by atoms with van der Waals surface area (Å²) in [5, 5.41) is 0. The number of fused-ring (bicyclic) bond motifs is 1. The molecule has 2 aliphatic heterocycles. The number of urea groups is 1. The van der Waals surface area contributed by atoms with E-state index in [2.05, 4.69) is 21.8 Å². The molecule has 3 aromatic carbocycles. The number of amides is 4. The molecule has 2 saturated heterocycles. The number of hydrogen-bond donors (Lipinski definition) is 0. The molecule has 2 aliphatic rings. The summed E-state index contributed by atoms with van der Waals surface area (Å²) in [5.74, 6) is 1.81. The van der Waals surface area contributed by atoms with Crippen LogP contribution in [-0.4, -0.2) is 51.3 Å². The first kappa shape index (κ1) is 28.5. The van der Waals surface area contributed by atoms with Gasteiger partial charge in [0, 0.05) is 24.2 Å². The van der Waals surface area contributed by atoms with Crippen molar-refractivity contribution in [3.05, 3.63) is 114 Å². The van der Waals surface area contributed by atoms with E-state index in [0.717, 1.165) is 17.7 Å². The second-order valence-corrected chi connectivity index (χ2v) is 10.5. The SMILES string of the molecule is C[C@@]12CC(=O)N(c3c(F)cc(C#Cc4ccccc4)cc3F)C(=O)N1CCN(c1cnc(OCc3ccccc3)nc1)C2=O. The lowest BCUT2D eigenvalue weighted by Crippen LogP contribution is -2.73. The van der Waals surface area contributed by atoms with Gasteiger partial charge < -0.3 is 14.5 Å². The van der Waals surface area contributed by atoms with Crippen LogP contribution in [0.5, 0.6) is 6.01 Å². The Balaban J connectivity index is 1.19. The molecule has 4 amide bonds. The van der Waals surface area contributed by atoms with Crippen LogP contribution in [-0.2, 0) is 16.2 Å². The van der Waals surface area contributed by atoms with Gasteiger partial charge in [-0.15, -0.1) is 0 Å². The van der Waals surface area contributed by atoms with Gasteiger partial charge in [0.05, 0.1) is 24.5 Å². The Labute approximate surface area is 251 Å². The molecule has 0 N–H and O–H groups in total. The predicted octanol–water partition coefficient (Wildman–Crippen LogP) is 4.70. The van der Waals surface area contributed by atoms with Crippen LogP contribution in [0.15, 0.2) is 85.2 Å². The Morgan fingerprint density at radius 2 is 1.48 bits per heavy atom. The summed E-state index contributed by atoms with van der Waals surface area (Å²) in [7, 11) is 0. The summed E-state index contributed by atoms with van der Waals surface area (Å²) in [5.41, 5.74) is -0.402. The molecule has 6 rings (SSSR count). The van der Waals surface area contributed by atoms with Crippen molar-refractivity contribution in [1.82, 2.24) is 14.9 Å². The highest BCUT2D eigenvalue weighted by atomic mass is 19.1. The normalized spacial score (nSPS) is 18.1. The highest BCUT2D eigenvalue weighted by Crippen LogP contribution is 2.38. The Kier molecular flexibility index (Phi) is 7.49. The number of benzene rings is 3. The number of piperazine rings is 1. The maximum Gasteiger partial charge on any atom is 0.332 e. The van der Waals surface area contributed by atoms with Crippen LogP contribution in [0.4, 0.5) is 25.0 Å². The smallest absolute Gasteiger partial charge is 0.332 e. The highest BCUT2D eigenvalue weighted by molar-refractivity contribution is 6.20. The fraction of sp³-hybridized carbons (Fsp3) is 0.182. The summed E-state index contributed by atoms with van der Waals surface area (Å²) in [6.45, 7) is 1.78. The number of nitrogens with zero attached hydrogens (tertiary/aromatic N) is 5. The van der Waals surface area contributed by atoms with Crippen molar-refractivity contribution in [1.29, 1.82) is 0 Å². The summed E-state index contributed by atoms with van der Waals surface area (Å²) >= 11 is 0. The first-order valence-electron chi connectivity index (χ1n) is 13.8. The summed E-state index contributed by atoms with van der Waals surface area (Å²) in [6.07, 6.45) is 2.37. The molecule has 0 bridgehead atoms. The van der Waals surface area contributed by atoms with E-state index in [0.29, 0.717) is 16.2 Å². The van der Waals surface area contributed by atoms with Crippen molar-refractivity contribution in [2.45, 2.75) is 25.5 Å². The van der Waals surface area contributed by atoms with Crippen molar-refractivity contribution in [3.63, 3.8) is 0 Å². The number of carbonyl (C=O) groups excluding carboxylic acids is 3. The predicted molar refractivity (Wildman–Crippen MR) is 157 cm³/mol. The van der Waals surface area contributed by atoms with Gasteiger partial charge in [-0.2, -0.15) is 0 Å². The Bertz CT molecular complexity index is 1790. The number of hydrogen-bond acceptors (Lipinski definition) is 6. The van der Waals surface area contributed by atoms with Gasteiger partial charge in [-0.3, -0.25) is 9.59 Å². The van der Waals surface area contributed by atoms with E-state index in [1.807, 2.05) is 36.4 Å². The molecule has 0 radical (unpaired) electrons. The van der Waals surface area contributed by atoms with E-state index >= 15 is 8.78 Å². The molecule has 0 unspecified atom stereocenters. The third-order valence-corrected chi connectivity index (χ3v) is 7.52. The molecule has 0 spiro atoms. The lowest BCUT2D eigenvalue weighted by Gasteiger charge is -2.51. The number of halogens is 2. The van der Waals surface area contributed by atoms with Crippen molar-refractivity contribution in [2.75, 3.05) is 22.9 Å². The van der Waals surface area contributed by atoms with E-state index in [9.17, 15) is 14.4 Å². The van der Waals surface area contributed by atoms with Crippen LogP contribution >= 0.6 is 0 Å². The monoisotopic (exact) mass is 593 g/mol. The van der Waals surface area contributed by atoms with Crippen molar-refractivity contribution >= 4 is 29.2 Å². The van der Waals surface area contributed by atoms with Gasteiger partial charge in [0.1, 0.15) is 17.8 Å². The van der Waals surface area contributed by atoms with E-state index in [-0.39, 0.29) is 31.3 Å². The molecule has 4 aromatic rings. The molecule has 2 fully saturated rings. The average Bonchev–Trinajstić information content (AvgIpc) is 3.02. The van der Waals surface area contributed by atoms with Gasteiger partial charge in [0.2, 0.25) is 5.91 Å². The average molecular weight is 594 g/mol. The third kappa shape index (κ3) is 5.33. The molecule has 220 valence electrons. The summed E-state index contributed by atoms with van der Waals surface area (Å²) < 4.78 is 36.1. The molecule has 1 atom stereocenters. The standard InChI is InChI=1S/C33H25F2N5O4/c1-33-18-28(41)40(29-26(34)16-24(17-27(29)35)13-12-22-8-4-2-5-9-22)32(43)39(33)15-14-38(30(33)42)25-19-36-31(37-20-25)44-21-23-10-6-3-7-11-23/h2-11,16-17,19-20H,14-15,18,21H2,1H3/t33-/m0/s1. The molecule has 1 aromatic heterocycles. The van der Waals surface area contributed by atoms with Crippen LogP contribution in [0.1, 0.15) is 30.0 Å². The largest absolute Gasteiger partial charge is 0.459 e. The first-order chi connectivity index (χ1) is 21.2. The summed E-state index contributed by atoms with van der Waals surface area (Å²) in [6, 6.07) is 19.4. The zero-order chi connectivity index (χ0) is 30.8. The zero-order valence-corrected chi connectivity index (χ0v) is 23.5. The third-order valence-electron chi connectivity index (χ3n) is 7.52. The molecule has 11 heteroatoms. The number of carbonyl (C=O) groups is 3. The van der Waals surface area contributed by atoms with Gasteiger partial charge in [0.25, 0.3) is 5.91 Å². The number of anilines is 2. The van der Waals surface area contributed by atoms with Crippen LogP contribution < -0.4 is 14.5 Å². The second-order valence-electron chi connectivity index (χ2n) is 10.5. The van der Waals surface area contributed by atoms with E-state index in [1.54, 1.807) is 24.3 Å². The minimum Gasteiger partial charge on any atom is -0.459 e. The van der Waals surface area contributed by atoms with Crippen molar-refractivity contribution in [2.24, 2.45) is 0 Å². The van der Waals surface area contributed by atoms with Crippen molar-refractivity contribution in [3.8, 4) is 17.9 Å². The topological polar surface area (TPSA) is 95.9 Å². The van der Waals surface area contributed by atoms with Crippen LogP contribution in [0, 0.1) is 23.5 Å². The fourth-order valence-corrected chi connectivity index (χ4v) is 5.26. The lowest BCUT2D eigenvalue weighted by atomic mass is 9.88. The van der Waals surface area contributed by atoms with Gasteiger partial charge in [-0.05, 0) is 36.8 Å². The molecule has 3 heterocycles. The van der Waals surface area contributed by atoms with Gasteiger partial charge in [-0.1, -0.05) is 60.4 Å².